The van der Waals surface area contributed by atoms with E-state index in [1.807, 2.05) is 0 Å². The molecule has 0 bridgehead atoms. The van der Waals surface area contributed by atoms with E-state index in [4.69, 9.17) is 5.73 Å². The third-order valence-corrected chi connectivity index (χ3v) is 5.65. The van der Waals surface area contributed by atoms with Crippen LogP contribution in [0.5, 0.6) is 0 Å². The van der Waals surface area contributed by atoms with Crippen molar-refractivity contribution in [1.82, 2.24) is 5.32 Å². The number of hydrogen-bond donors (Lipinski definition) is 2. The highest BCUT2D eigenvalue weighted by Gasteiger charge is 2.39. The molecule has 20 heavy (non-hydrogen) atoms. The molecule has 2 fully saturated rings. The molecule has 2 rings (SSSR count). The largest absolute Gasteiger partial charge is 0.353 e. The minimum absolute atomic E-state index is 0.233. The van der Waals surface area contributed by atoms with Crippen molar-refractivity contribution in [2.24, 2.45) is 17.1 Å². The second kappa shape index (κ2) is 7.44. The predicted molar refractivity (Wildman–Crippen MR) is 83.4 cm³/mol. The van der Waals surface area contributed by atoms with Gasteiger partial charge in [0, 0.05) is 12.6 Å². The fraction of sp³-hybridized carbons (Fsp3) is 0.941. The van der Waals surface area contributed by atoms with Gasteiger partial charge in [0.2, 0.25) is 5.91 Å². The highest BCUT2D eigenvalue weighted by atomic mass is 16.2. The van der Waals surface area contributed by atoms with Crippen LogP contribution in [0, 0.1) is 11.3 Å². The Morgan fingerprint density at radius 2 is 1.65 bits per heavy atom. The van der Waals surface area contributed by atoms with Gasteiger partial charge < -0.3 is 11.1 Å². The third kappa shape index (κ3) is 3.75. The molecule has 0 saturated heterocycles. The van der Waals surface area contributed by atoms with E-state index in [1.54, 1.807) is 0 Å². The van der Waals surface area contributed by atoms with Gasteiger partial charge in [-0.15, -0.1) is 0 Å². The quantitative estimate of drug-likeness (QED) is 0.776. The van der Waals surface area contributed by atoms with Crippen molar-refractivity contribution in [3.8, 4) is 0 Å². The van der Waals surface area contributed by atoms with Crippen LogP contribution < -0.4 is 11.1 Å². The number of amides is 1. The molecule has 1 amide bonds. The number of carbonyl (C=O) groups excluding carboxylic acids is 1. The Hall–Kier alpha value is -0.570. The zero-order chi connectivity index (χ0) is 14.4. The molecule has 0 spiro atoms. The zero-order valence-electron chi connectivity index (χ0n) is 13.1. The molecule has 2 aliphatic carbocycles. The second-order valence-corrected chi connectivity index (χ2v) is 7.06. The minimum Gasteiger partial charge on any atom is -0.353 e. The molecule has 0 heterocycles. The van der Waals surface area contributed by atoms with Gasteiger partial charge in [-0.1, -0.05) is 44.9 Å². The lowest BCUT2D eigenvalue weighted by atomic mass is 9.73. The van der Waals surface area contributed by atoms with Crippen LogP contribution in [0.3, 0.4) is 0 Å². The van der Waals surface area contributed by atoms with Crippen LogP contribution in [0.15, 0.2) is 0 Å². The molecule has 0 aromatic carbocycles. The molecule has 3 nitrogen and oxygen atoms in total. The maximum Gasteiger partial charge on any atom is 0.227 e. The Labute approximate surface area is 124 Å². The average Bonchev–Trinajstić information content (AvgIpc) is 2.77. The number of nitrogens with one attached hydrogen (secondary N) is 1. The van der Waals surface area contributed by atoms with Crippen molar-refractivity contribution in [1.29, 1.82) is 0 Å². The van der Waals surface area contributed by atoms with Gasteiger partial charge in [0.05, 0.1) is 5.41 Å². The first-order valence-electron chi connectivity index (χ1n) is 8.69. The number of carbonyl (C=O) groups is 1. The van der Waals surface area contributed by atoms with E-state index < -0.39 is 0 Å². The summed E-state index contributed by atoms with van der Waals surface area (Å²) in [5.41, 5.74) is 5.69. The van der Waals surface area contributed by atoms with Gasteiger partial charge in [-0.25, -0.2) is 0 Å². The summed E-state index contributed by atoms with van der Waals surface area (Å²) in [6, 6.07) is 0.311. The molecule has 0 radical (unpaired) electrons. The third-order valence-electron chi connectivity index (χ3n) is 5.65. The number of rotatable bonds is 4. The molecule has 2 saturated carbocycles. The monoisotopic (exact) mass is 280 g/mol. The van der Waals surface area contributed by atoms with Gasteiger partial charge in [0.25, 0.3) is 0 Å². The van der Waals surface area contributed by atoms with Gasteiger partial charge in [0.15, 0.2) is 0 Å². The maximum atomic E-state index is 12.7. The Kier molecular flexibility index (Phi) is 5.88. The van der Waals surface area contributed by atoms with Gasteiger partial charge in [0.1, 0.15) is 0 Å². The van der Waals surface area contributed by atoms with Crippen molar-refractivity contribution >= 4 is 5.91 Å². The fourth-order valence-electron chi connectivity index (χ4n) is 4.04. The summed E-state index contributed by atoms with van der Waals surface area (Å²) in [4.78, 5) is 12.7. The van der Waals surface area contributed by atoms with Crippen molar-refractivity contribution in [3.05, 3.63) is 0 Å². The van der Waals surface area contributed by atoms with Gasteiger partial charge >= 0.3 is 0 Å². The van der Waals surface area contributed by atoms with Crippen LogP contribution in [-0.2, 0) is 4.79 Å². The van der Waals surface area contributed by atoms with E-state index in [0.29, 0.717) is 18.5 Å². The minimum atomic E-state index is -0.267. The van der Waals surface area contributed by atoms with Crippen molar-refractivity contribution in [2.75, 3.05) is 6.54 Å². The average molecular weight is 280 g/mol. The summed E-state index contributed by atoms with van der Waals surface area (Å²) in [6.07, 6.45) is 13.5. The SMILES string of the molecule is C[C@H](NC(=O)C1(CN)CCCCC1)C1CCCCCC1. The first-order chi connectivity index (χ1) is 9.68. The summed E-state index contributed by atoms with van der Waals surface area (Å²) in [6.45, 7) is 2.71. The normalized spacial score (nSPS) is 25.7. The standard InChI is InChI=1S/C17H32N2O/c1-14(15-9-5-2-3-6-10-15)19-16(20)17(13-18)11-7-4-8-12-17/h14-15H,2-13,18H2,1H3,(H,19,20)/t14-/m0/s1. The smallest absolute Gasteiger partial charge is 0.227 e. The lowest BCUT2D eigenvalue weighted by Gasteiger charge is -2.36. The van der Waals surface area contributed by atoms with E-state index in [0.717, 1.165) is 25.7 Å². The number of hydrogen-bond acceptors (Lipinski definition) is 2. The van der Waals surface area contributed by atoms with E-state index >= 15 is 0 Å². The molecule has 116 valence electrons. The Morgan fingerprint density at radius 3 is 2.20 bits per heavy atom. The Morgan fingerprint density at radius 1 is 1.10 bits per heavy atom. The summed E-state index contributed by atoms with van der Waals surface area (Å²) in [7, 11) is 0. The molecule has 3 heteroatoms. The second-order valence-electron chi connectivity index (χ2n) is 7.06. The molecular weight excluding hydrogens is 248 g/mol. The van der Waals surface area contributed by atoms with E-state index in [1.165, 1.54) is 44.9 Å². The lowest BCUT2D eigenvalue weighted by molar-refractivity contribution is -0.133. The van der Waals surface area contributed by atoms with Crippen molar-refractivity contribution < 1.29 is 4.79 Å². The molecular formula is C17H32N2O. The summed E-state index contributed by atoms with van der Waals surface area (Å²) < 4.78 is 0. The van der Waals surface area contributed by atoms with Crippen molar-refractivity contribution in [3.63, 3.8) is 0 Å². The van der Waals surface area contributed by atoms with Crippen LogP contribution in [0.1, 0.15) is 77.6 Å². The highest BCUT2D eigenvalue weighted by molar-refractivity contribution is 5.83. The first kappa shape index (κ1) is 15.8. The molecule has 1 atom stereocenters. The predicted octanol–water partition coefficient (Wildman–Crippen LogP) is 3.37. The van der Waals surface area contributed by atoms with Gasteiger partial charge in [-0.05, 0) is 38.5 Å². The lowest BCUT2D eigenvalue weighted by Crippen LogP contribution is -2.51. The van der Waals surface area contributed by atoms with Gasteiger partial charge in [-0.2, -0.15) is 0 Å². The van der Waals surface area contributed by atoms with E-state index in [9.17, 15) is 4.79 Å². The molecule has 0 unspecified atom stereocenters. The van der Waals surface area contributed by atoms with Crippen molar-refractivity contribution in [2.45, 2.75) is 83.6 Å². The molecule has 0 aromatic heterocycles. The summed E-state index contributed by atoms with van der Waals surface area (Å²) >= 11 is 0. The van der Waals surface area contributed by atoms with Crippen LogP contribution in [0.25, 0.3) is 0 Å². The van der Waals surface area contributed by atoms with Gasteiger partial charge in [-0.3, -0.25) is 4.79 Å². The summed E-state index contributed by atoms with van der Waals surface area (Å²) in [5.74, 6) is 0.899. The Balaban J connectivity index is 1.91. The first-order valence-corrected chi connectivity index (χ1v) is 8.69. The van der Waals surface area contributed by atoms with E-state index in [2.05, 4.69) is 12.2 Å². The van der Waals surface area contributed by atoms with E-state index in [-0.39, 0.29) is 11.3 Å². The summed E-state index contributed by atoms with van der Waals surface area (Å²) in [5, 5.41) is 3.32. The topological polar surface area (TPSA) is 55.1 Å². The Bertz CT molecular complexity index is 302. The molecule has 0 aromatic rings. The zero-order valence-corrected chi connectivity index (χ0v) is 13.1. The number of nitrogens with two attached hydrogens (primary N) is 1. The molecule has 2 aliphatic rings. The fourth-order valence-corrected chi connectivity index (χ4v) is 4.04. The molecule has 0 aliphatic heterocycles. The maximum absolute atomic E-state index is 12.7. The molecule has 3 N–H and O–H groups in total. The van der Waals surface area contributed by atoms with Crippen LogP contribution in [-0.4, -0.2) is 18.5 Å². The van der Waals surface area contributed by atoms with Crippen LogP contribution in [0.4, 0.5) is 0 Å². The van der Waals surface area contributed by atoms with Crippen LogP contribution in [0.2, 0.25) is 0 Å². The highest BCUT2D eigenvalue weighted by Crippen LogP contribution is 2.36. The van der Waals surface area contributed by atoms with Crippen LogP contribution >= 0.6 is 0 Å².